The minimum atomic E-state index is 1.06. The third-order valence-corrected chi connectivity index (χ3v) is 1.25. The van der Waals surface area contributed by atoms with Crippen LogP contribution in [0.3, 0.4) is 0 Å². The summed E-state index contributed by atoms with van der Waals surface area (Å²) in [7, 11) is 0. The first-order valence-corrected chi connectivity index (χ1v) is 3.59. The first-order chi connectivity index (χ1) is 4.31. The molecule has 0 aliphatic heterocycles. The van der Waals surface area contributed by atoms with E-state index in [1.165, 1.54) is 18.4 Å². The number of hydrogen-bond donors (Lipinski definition) is 0. The molecule has 0 radical (unpaired) electrons. The fourth-order valence-corrected chi connectivity index (χ4v) is 0.740. The molecule has 0 aromatic carbocycles. The van der Waals surface area contributed by atoms with Crippen LogP contribution >= 0.6 is 0 Å². The monoisotopic (exact) mass is 124 g/mol. The van der Waals surface area contributed by atoms with E-state index < -0.39 is 0 Å². The van der Waals surface area contributed by atoms with Gasteiger partial charge < -0.3 is 0 Å². The van der Waals surface area contributed by atoms with Crippen molar-refractivity contribution in [1.82, 2.24) is 0 Å². The first-order valence-electron chi connectivity index (χ1n) is 3.59. The van der Waals surface area contributed by atoms with Crippen molar-refractivity contribution in [1.29, 1.82) is 0 Å². The summed E-state index contributed by atoms with van der Waals surface area (Å²) < 4.78 is 0. The summed E-state index contributed by atoms with van der Waals surface area (Å²) in [6.07, 6.45) is 7.67. The van der Waals surface area contributed by atoms with Crippen LogP contribution in [0.25, 0.3) is 0 Å². The zero-order chi connectivity index (χ0) is 7.11. The molecule has 52 valence electrons. The predicted octanol–water partition coefficient (Wildman–Crippen LogP) is 3.31. The summed E-state index contributed by atoms with van der Waals surface area (Å²) in [5, 5.41) is 0. The van der Waals surface area contributed by atoms with Crippen molar-refractivity contribution in [2.45, 2.75) is 33.1 Å². The molecule has 0 aliphatic rings. The smallest absolute Gasteiger partial charge is 0.0142 e. The summed E-state index contributed by atoms with van der Waals surface area (Å²) in [5.41, 5.74) is 1.34. The average molecular weight is 124 g/mol. The molecule has 0 aliphatic carbocycles. The molecule has 0 rings (SSSR count). The number of hydrogen-bond acceptors (Lipinski definition) is 0. The van der Waals surface area contributed by atoms with E-state index in [1.54, 1.807) is 0 Å². The second kappa shape index (κ2) is 5.61. The van der Waals surface area contributed by atoms with Crippen molar-refractivity contribution in [3.05, 3.63) is 24.3 Å². The van der Waals surface area contributed by atoms with Gasteiger partial charge in [0.25, 0.3) is 0 Å². The van der Waals surface area contributed by atoms with Crippen LogP contribution in [0.15, 0.2) is 24.3 Å². The molecule has 0 heteroatoms. The largest absolute Gasteiger partial charge is 0.0995 e. The molecule has 0 aromatic rings. The van der Waals surface area contributed by atoms with E-state index in [2.05, 4.69) is 25.7 Å². The average Bonchev–Trinajstić information content (AvgIpc) is 1.85. The van der Waals surface area contributed by atoms with Gasteiger partial charge in [0, 0.05) is 0 Å². The highest BCUT2D eigenvalue weighted by Gasteiger charge is 1.86. The second-order valence-electron chi connectivity index (χ2n) is 2.27. The maximum atomic E-state index is 3.93. The summed E-state index contributed by atoms with van der Waals surface area (Å²) in [6.45, 7) is 8.15. The Morgan fingerprint density at radius 3 is 2.67 bits per heavy atom. The molecule has 0 atom stereocenters. The van der Waals surface area contributed by atoms with Gasteiger partial charge in [-0.05, 0) is 19.8 Å². The van der Waals surface area contributed by atoms with E-state index in [9.17, 15) is 0 Å². The van der Waals surface area contributed by atoms with Crippen molar-refractivity contribution >= 4 is 0 Å². The molecule has 0 saturated heterocycles. The van der Waals surface area contributed by atoms with Crippen LogP contribution in [0.1, 0.15) is 33.1 Å². The Bertz CT molecular complexity index is 98.6. The van der Waals surface area contributed by atoms with E-state index in [0.29, 0.717) is 0 Å². The van der Waals surface area contributed by atoms with Crippen molar-refractivity contribution < 1.29 is 0 Å². The lowest BCUT2D eigenvalue weighted by Gasteiger charge is -1.96. The van der Waals surface area contributed by atoms with E-state index >= 15 is 0 Å². The van der Waals surface area contributed by atoms with Crippen LogP contribution in [0.5, 0.6) is 0 Å². The second-order valence-corrected chi connectivity index (χ2v) is 2.27. The fraction of sp³-hybridized carbons (Fsp3) is 0.556. The Labute approximate surface area is 58.3 Å². The highest BCUT2D eigenvalue weighted by Crippen LogP contribution is 2.06. The van der Waals surface area contributed by atoms with Crippen molar-refractivity contribution in [2.24, 2.45) is 0 Å². The zero-order valence-electron chi connectivity index (χ0n) is 6.48. The Kier molecular flexibility index (Phi) is 5.29. The van der Waals surface area contributed by atoms with Gasteiger partial charge in [0.15, 0.2) is 0 Å². The Hall–Kier alpha value is -0.520. The van der Waals surface area contributed by atoms with Gasteiger partial charge in [-0.1, -0.05) is 37.6 Å². The lowest BCUT2D eigenvalue weighted by molar-refractivity contribution is 0.884. The highest BCUT2D eigenvalue weighted by atomic mass is 13.9. The molecule has 0 nitrogen and oxygen atoms in total. The normalized spacial score (nSPS) is 10.4. The molecule has 0 bridgehead atoms. The quantitative estimate of drug-likeness (QED) is 0.504. The van der Waals surface area contributed by atoms with E-state index in [4.69, 9.17) is 0 Å². The molecule has 0 fully saturated rings. The van der Waals surface area contributed by atoms with E-state index in [-0.39, 0.29) is 0 Å². The third-order valence-electron chi connectivity index (χ3n) is 1.25. The van der Waals surface area contributed by atoms with Crippen molar-refractivity contribution in [2.75, 3.05) is 0 Å². The highest BCUT2D eigenvalue weighted by molar-refractivity contribution is 5.00. The molecular formula is C9H16. The van der Waals surface area contributed by atoms with Gasteiger partial charge in [-0.25, -0.2) is 0 Å². The van der Waals surface area contributed by atoms with Gasteiger partial charge >= 0.3 is 0 Å². The lowest BCUT2D eigenvalue weighted by atomic mass is 10.1. The minimum Gasteiger partial charge on any atom is -0.0995 e. The van der Waals surface area contributed by atoms with Crippen LogP contribution in [-0.4, -0.2) is 0 Å². The van der Waals surface area contributed by atoms with Crippen LogP contribution in [0, 0.1) is 0 Å². The van der Waals surface area contributed by atoms with E-state index in [1.807, 2.05) is 6.92 Å². The summed E-state index contributed by atoms with van der Waals surface area (Å²) in [4.78, 5) is 0. The van der Waals surface area contributed by atoms with Crippen LogP contribution in [0.4, 0.5) is 0 Å². The van der Waals surface area contributed by atoms with Crippen molar-refractivity contribution in [3.63, 3.8) is 0 Å². The molecule has 0 aromatic heterocycles. The fourth-order valence-electron chi connectivity index (χ4n) is 0.740. The van der Waals surface area contributed by atoms with Crippen LogP contribution < -0.4 is 0 Å². The summed E-state index contributed by atoms with van der Waals surface area (Å²) in [5.74, 6) is 0. The van der Waals surface area contributed by atoms with Crippen LogP contribution in [0.2, 0.25) is 0 Å². The molecule has 0 saturated carbocycles. The molecular weight excluding hydrogens is 108 g/mol. The topological polar surface area (TPSA) is 0 Å². The SMILES string of the molecule is C=C(C/C=C\C)CCC. The van der Waals surface area contributed by atoms with Gasteiger partial charge in [0.05, 0.1) is 0 Å². The predicted molar refractivity (Wildman–Crippen MR) is 43.5 cm³/mol. The summed E-state index contributed by atoms with van der Waals surface area (Å²) >= 11 is 0. The summed E-state index contributed by atoms with van der Waals surface area (Å²) in [6, 6.07) is 0. The molecule has 0 spiro atoms. The van der Waals surface area contributed by atoms with Gasteiger partial charge in [0.1, 0.15) is 0 Å². The third kappa shape index (κ3) is 5.35. The van der Waals surface area contributed by atoms with Gasteiger partial charge in [-0.2, -0.15) is 0 Å². The van der Waals surface area contributed by atoms with Crippen molar-refractivity contribution in [3.8, 4) is 0 Å². The molecule has 0 amide bonds. The maximum Gasteiger partial charge on any atom is -0.0142 e. The number of allylic oxidation sites excluding steroid dienone is 3. The Morgan fingerprint density at radius 1 is 1.56 bits per heavy atom. The lowest BCUT2D eigenvalue weighted by Crippen LogP contribution is -1.76. The van der Waals surface area contributed by atoms with Crippen LogP contribution in [-0.2, 0) is 0 Å². The molecule has 9 heavy (non-hydrogen) atoms. The molecule has 0 unspecified atom stereocenters. The van der Waals surface area contributed by atoms with Gasteiger partial charge in [-0.15, -0.1) is 0 Å². The van der Waals surface area contributed by atoms with E-state index in [0.717, 1.165) is 6.42 Å². The number of rotatable bonds is 4. The molecule has 0 heterocycles. The van der Waals surface area contributed by atoms with Gasteiger partial charge in [0.2, 0.25) is 0 Å². The zero-order valence-corrected chi connectivity index (χ0v) is 6.48. The maximum absolute atomic E-state index is 3.93. The first kappa shape index (κ1) is 8.48. The Morgan fingerprint density at radius 2 is 2.22 bits per heavy atom. The standard InChI is InChI=1S/C9H16/c1-4-6-8-9(3)7-5-2/h4,6H,3,5,7-8H2,1-2H3/b6-4-. The Balaban J connectivity index is 3.27. The van der Waals surface area contributed by atoms with Gasteiger partial charge in [-0.3, -0.25) is 0 Å². The minimum absolute atomic E-state index is 1.06. The molecule has 0 N–H and O–H groups in total.